The average Bonchev–Trinajstić information content (AvgIpc) is 3.00. The average molecular weight is 403 g/mol. The van der Waals surface area contributed by atoms with Gasteiger partial charge in [-0.25, -0.2) is 19.2 Å². The predicted molar refractivity (Wildman–Crippen MR) is 104 cm³/mol. The van der Waals surface area contributed by atoms with Gasteiger partial charge in [0.1, 0.15) is 33.6 Å². The lowest BCUT2D eigenvalue weighted by Crippen LogP contribution is -2.09. The van der Waals surface area contributed by atoms with Gasteiger partial charge in [0, 0.05) is 0 Å². The zero-order chi connectivity index (χ0) is 20.3. The Morgan fingerprint density at radius 2 is 2.00 bits per heavy atom. The molecule has 28 heavy (non-hydrogen) atoms. The summed E-state index contributed by atoms with van der Waals surface area (Å²) in [6, 6.07) is 6.15. The molecule has 0 spiro atoms. The Labute approximate surface area is 164 Å². The molecule has 0 aliphatic heterocycles. The Kier molecular flexibility index (Phi) is 5.84. The number of fused-ring (bicyclic) bond motifs is 1. The van der Waals surface area contributed by atoms with Gasteiger partial charge in [0.25, 0.3) is 0 Å². The minimum Gasteiger partial charge on any atom is -0.469 e. The van der Waals surface area contributed by atoms with E-state index < -0.39 is 17.8 Å². The molecule has 9 heteroatoms. The van der Waals surface area contributed by atoms with Crippen LogP contribution < -0.4 is 5.32 Å². The number of carbonyl (C=O) groups excluding carboxylic acids is 2. The number of benzene rings is 1. The summed E-state index contributed by atoms with van der Waals surface area (Å²) < 4.78 is 23.9. The van der Waals surface area contributed by atoms with Crippen molar-refractivity contribution in [1.82, 2.24) is 9.97 Å². The number of carbonyl (C=O) groups is 2. The van der Waals surface area contributed by atoms with Crippen LogP contribution in [0.3, 0.4) is 0 Å². The summed E-state index contributed by atoms with van der Waals surface area (Å²) in [5.41, 5.74) is 0.844. The molecule has 0 radical (unpaired) electrons. The van der Waals surface area contributed by atoms with E-state index in [0.717, 1.165) is 11.3 Å². The number of esters is 2. The van der Waals surface area contributed by atoms with Crippen LogP contribution >= 0.6 is 11.3 Å². The van der Waals surface area contributed by atoms with E-state index in [1.807, 2.05) is 0 Å². The summed E-state index contributed by atoms with van der Waals surface area (Å²) in [5, 5.41) is 3.52. The van der Waals surface area contributed by atoms with Crippen molar-refractivity contribution in [1.29, 1.82) is 0 Å². The summed E-state index contributed by atoms with van der Waals surface area (Å²) in [5.74, 6) is -0.917. The van der Waals surface area contributed by atoms with Crippen LogP contribution in [0.15, 0.2) is 24.3 Å². The Bertz CT molecular complexity index is 1050. The Hall–Kier alpha value is -3.07. The maximum Gasteiger partial charge on any atom is 0.348 e. The van der Waals surface area contributed by atoms with Gasteiger partial charge in [0.05, 0.1) is 24.8 Å². The molecule has 0 fully saturated rings. The molecule has 7 nitrogen and oxygen atoms in total. The second kappa shape index (κ2) is 8.30. The summed E-state index contributed by atoms with van der Waals surface area (Å²) in [6.07, 6.45) is -0.149. The monoisotopic (exact) mass is 403 g/mol. The van der Waals surface area contributed by atoms with Crippen LogP contribution in [0.5, 0.6) is 0 Å². The predicted octanol–water partition coefficient (Wildman–Crippen LogP) is 3.77. The van der Waals surface area contributed by atoms with E-state index in [9.17, 15) is 14.0 Å². The van der Waals surface area contributed by atoms with Gasteiger partial charge in [0.2, 0.25) is 0 Å². The van der Waals surface area contributed by atoms with Crippen LogP contribution in [0, 0.1) is 12.7 Å². The molecule has 3 rings (SSSR count). The molecule has 0 unspecified atom stereocenters. The van der Waals surface area contributed by atoms with E-state index in [-0.39, 0.29) is 24.5 Å². The van der Waals surface area contributed by atoms with Crippen molar-refractivity contribution in [3.8, 4) is 0 Å². The van der Waals surface area contributed by atoms with Gasteiger partial charge >= 0.3 is 11.9 Å². The Balaban J connectivity index is 2.15. The highest BCUT2D eigenvalue weighted by atomic mass is 32.1. The van der Waals surface area contributed by atoms with Gasteiger partial charge in [-0.05, 0) is 31.5 Å². The van der Waals surface area contributed by atoms with E-state index in [0.29, 0.717) is 26.5 Å². The van der Waals surface area contributed by atoms with Crippen molar-refractivity contribution >= 4 is 45.0 Å². The summed E-state index contributed by atoms with van der Waals surface area (Å²) >= 11 is 1.14. The van der Waals surface area contributed by atoms with Crippen molar-refractivity contribution in [2.45, 2.75) is 20.3 Å². The van der Waals surface area contributed by atoms with E-state index in [2.05, 4.69) is 20.0 Å². The number of hydrogen-bond acceptors (Lipinski definition) is 8. The van der Waals surface area contributed by atoms with E-state index in [1.54, 1.807) is 32.0 Å². The summed E-state index contributed by atoms with van der Waals surface area (Å²) in [6.45, 7) is 3.72. The van der Waals surface area contributed by atoms with Gasteiger partial charge in [-0.15, -0.1) is 11.3 Å². The second-order valence-electron chi connectivity index (χ2n) is 5.80. The van der Waals surface area contributed by atoms with Crippen molar-refractivity contribution in [3.63, 3.8) is 0 Å². The molecule has 1 aromatic carbocycles. The van der Waals surface area contributed by atoms with Gasteiger partial charge < -0.3 is 14.8 Å². The van der Waals surface area contributed by atoms with Crippen molar-refractivity contribution in [2.75, 3.05) is 19.0 Å². The fourth-order valence-corrected chi connectivity index (χ4v) is 3.73. The topological polar surface area (TPSA) is 90.4 Å². The molecule has 0 atom stereocenters. The minimum absolute atomic E-state index is 0.149. The van der Waals surface area contributed by atoms with Crippen LogP contribution in [0.4, 0.5) is 15.9 Å². The number of aromatic nitrogens is 2. The van der Waals surface area contributed by atoms with E-state index in [1.165, 1.54) is 13.2 Å². The molecule has 0 saturated heterocycles. The number of hydrogen-bond donors (Lipinski definition) is 1. The standard InChI is InChI=1S/C19H18FN3O4S/c1-4-27-19(25)16-10(2)15-17(21-12-8-6-5-7-11(12)20)22-13(9-14(24)26-3)23-18(15)28-16/h5-8H,4,9H2,1-3H3,(H,21,22,23). The second-order valence-corrected chi connectivity index (χ2v) is 6.80. The van der Waals surface area contributed by atoms with Gasteiger partial charge in [-0.2, -0.15) is 0 Å². The first-order valence-electron chi connectivity index (χ1n) is 8.50. The quantitative estimate of drug-likeness (QED) is 0.627. The maximum atomic E-state index is 14.1. The van der Waals surface area contributed by atoms with Gasteiger partial charge in [-0.3, -0.25) is 4.79 Å². The fraction of sp³-hybridized carbons (Fsp3) is 0.263. The largest absolute Gasteiger partial charge is 0.469 e. The van der Waals surface area contributed by atoms with Crippen LogP contribution in [-0.2, 0) is 20.7 Å². The minimum atomic E-state index is -0.505. The molecule has 1 N–H and O–H groups in total. The molecule has 0 aliphatic rings. The lowest BCUT2D eigenvalue weighted by Gasteiger charge is -2.10. The third-order valence-electron chi connectivity index (χ3n) is 3.95. The number of thiophene rings is 1. The zero-order valence-corrected chi connectivity index (χ0v) is 16.4. The number of methoxy groups -OCH3 is 1. The van der Waals surface area contributed by atoms with Crippen molar-refractivity contribution < 1.29 is 23.5 Å². The molecule has 0 saturated carbocycles. The number of rotatable bonds is 6. The highest BCUT2D eigenvalue weighted by molar-refractivity contribution is 7.20. The van der Waals surface area contributed by atoms with Crippen molar-refractivity contribution in [2.24, 2.45) is 0 Å². The Morgan fingerprint density at radius 1 is 1.25 bits per heavy atom. The van der Waals surface area contributed by atoms with Crippen LogP contribution in [0.2, 0.25) is 0 Å². The van der Waals surface area contributed by atoms with E-state index >= 15 is 0 Å². The van der Waals surface area contributed by atoms with E-state index in [4.69, 9.17) is 4.74 Å². The van der Waals surface area contributed by atoms with Gasteiger partial charge in [0.15, 0.2) is 0 Å². The first-order chi connectivity index (χ1) is 13.4. The number of aryl methyl sites for hydroxylation is 1. The molecule has 0 bridgehead atoms. The van der Waals surface area contributed by atoms with Crippen LogP contribution in [0.25, 0.3) is 10.2 Å². The number of nitrogens with zero attached hydrogens (tertiary/aromatic N) is 2. The third kappa shape index (κ3) is 3.94. The number of para-hydroxylation sites is 1. The molecule has 2 aromatic heterocycles. The molecule has 0 amide bonds. The fourth-order valence-electron chi connectivity index (χ4n) is 2.64. The SMILES string of the molecule is CCOC(=O)c1sc2nc(CC(=O)OC)nc(Nc3ccccc3F)c2c1C. The number of halogens is 1. The first-order valence-corrected chi connectivity index (χ1v) is 9.31. The lowest BCUT2D eigenvalue weighted by atomic mass is 10.2. The molecule has 0 aliphatic carbocycles. The summed E-state index contributed by atoms with van der Waals surface area (Å²) in [4.78, 5) is 33.5. The Morgan fingerprint density at radius 3 is 2.68 bits per heavy atom. The zero-order valence-electron chi connectivity index (χ0n) is 15.5. The van der Waals surface area contributed by atoms with Crippen molar-refractivity contribution in [3.05, 3.63) is 46.3 Å². The van der Waals surface area contributed by atoms with Crippen LogP contribution in [0.1, 0.15) is 28.0 Å². The van der Waals surface area contributed by atoms with Gasteiger partial charge in [-0.1, -0.05) is 12.1 Å². The number of ether oxygens (including phenoxy) is 2. The molecule has 3 aromatic rings. The third-order valence-corrected chi connectivity index (χ3v) is 5.12. The molecular weight excluding hydrogens is 385 g/mol. The number of nitrogens with one attached hydrogen (secondary N) is 1. The summed E-state index contributed by atoms with van der Waals surface area (Å²) in [7, 11) is 1.27. The molecule has 146 valence electrons. The highest BCUT2D eigenvalue weighted by Crippen LogP contribution is 2.36. The normalized spacial score (nSPS) is 10.7. The lowest BCUT2D eigenvalue weighted by molar-refractivity contribution is -0.139. The van der Waals surface area contributed by atoms with Crippen LogP contribution in [-0.4, -0.2) is 35.6 Å². The maximum absolute atomic E-state index is 14.1. The first kappa shape index (κ1) is 19.7. The smallest absolute Gasteiger partial charge is 0.348 e. The highest BCUT2D eigenvalue weighted by Gasteiger charge is 2.22. The molecular formula is C19H18FN3O4S. The number of anilines is 2. The molecule has 2 heterocycles.